The molecule has 5 atom stereocenters. The van der Waals surface area contributed by atoms with Gasteiger partial charge in [0.2, 0.25) is 0 Å². The van der Waals surface area contributed by atoms with Crippen molar-refractivity contribution in [2.75, 3.05) is 39.6 Å². The van der Waals surface area contributed by atoms with Crippen LogP contribution in [-0.4, -0.2) is 96.7 Å². The van der Waals surface area contributed by atoms with Gasteiger partial charge in [-0.1, -0.05) is 276 Å². The molecule has 102 heavy (non-hydrogen) atoms. The zero-order chi connectivity index (χ0) is 74.6. The van der Waals surface area contributed by atoms with E-state index in [-0.39, 0.29) is 25.7 Å². The van der Waals surface area contributed by atoms with Gasteiger partial charge in [0.1, 0.15) is 19.3 Å². The van der Waals surface area contributed by atoms with Gasteiger partial charge in [0, 0.05) is 19.3 Å². The molecule has 0 aromatic carbocycles. The highest BCUT2D eigenvalue weighted by Gasteiger charge is 2.30. The molecule has 0 amide bonds. The van der Waals surface area contributed by atoms with Crippen molar-refractivity contribution in [1.82, 2.24) is 0 Å². The van der Waals surface area contributed by atoms with E-state index in [0.29, 0.717) is 25.7 Å². The molecule has 3 N–H and O–H groups in total. The van der Waals surface area contributed by atoms with Crippen molar-refractivity contribution in [2.45, 2.75) is 316 Å². The summed E-state index contributed by atoms with van der Waals surface area (Å²) in [6.45, 7) is 4.38. The fourth-order valence-electron chi connectivity index (χ4n) is 9.96. The first-order valence-corrected chi connectivity index (χ1v) is 42.1. The molecular formula is C83H138O17P2. The summed E-state index contributed by atoms with van der Waals surface area (Å²) in [6, 6.07) is 0. The molecule has 19 heteroatoms. The van der Waals surface area contributed by atoms with E-state index in [1.807, 2.05) is 18.2 Å². The second kappa shape index (κ2) is 74.2. The van der Waals surface area contributed by atoms with Gasteiger partial charge in [-0.25, -0.2) is 9.13 Å². The lowest BCUT2D eigenvalue weighted by atomic mass is 10.1. The minimum Gasteiger partial charge on any atom is -0.462 e. The third-order valence-corrected chi connectivity index (χ3v) is 17.7. The predicted molar refractivity (Wildman–Crippen MR) is 417 cm³/mol. The summed E-state index contributed by atoms with van der Waals surface area (Å²) in [4.78, 5) is 72.9. The van der Waals surface area contributed by atoms with E-state index < -0.39 is 97.5 Å². The number of aliphatic hydroxyl groups is 1. The highest BCUT2D eigenvalue weighted by atomic mass is 31.2. The van der Waals surface area contributed by atoms with E-state index in [0.717, 1.165) is 180 Å². The molecule has 0 aliphatic carbocycles. The molecule has 0 saturated carbocycles. The molecule has 0 heterocycles. The fraction of sp³-hybridized carbons (Fsp3) is 0.663. The van der Waals surface area contributed by atoms with Gasteiger partial charge in [0.25, 0.3) is 0 Å². The summed E-state index contributed by atoms with van der Waals surface area (Å²) in [5.41, 5.74) is 0. The van der Waals surface area contributed by atoms with Gasteiger partial charge in [-0.15, -0.1) is 0 Å². The normalized spacial score (nSPS) is 14.7. The van der Waals surface area contributed by atoms with Gasteiger partial charge < -0.3 is 33.8 Å². The van der Waals surface area contributed by atoms with E-state index in [1.165, 1.54) is 38.5 Å². The quantitative estimate of drug-likeness (QED) is 0.0169. The van der Waals surface area contributed by atoms with Crippen molar-refractivity contribution < 1.29 is 80.2 Å². The van der Waals surface area contributed by atoms with Crippen LogP contribution in [0.25, 0.3) is 0 Å². The average molecular weight is 1470 g/mol. The van der Waals surface area contributed by atoms with Gasteiger partial charge in [-0.3, -0.25) is 37.3 Å². The number of esters is 4. The largest absolute Gasteiger partial charge is 0.472 e. The van der Waals surface area contributed by atoms with Crippen molar-refractivity contribution >= 4 is 39.5 Å². The maximum absolute atomic E-state index is 13.1. The summed E-state index contributed by atoms with van der Waals surface area (Å²) in [5, 5.41) is 10.6. The molecular weight excluding hydrogens is 1330 g/mol. The summed E-state index contributed by atoms with van der Waals surface area (Å²) in [6.07, 6.45) is 84.3. The van der Waals surface area contributed by atoms with Crippen LogP contribution in [0.15, 0.2) is 146 Å². The Balaban J connectivity index is 5.45. The summed E-state index contributed by atoms with van der Waals surface area (Å²) < 4.78 is 68.4. The van der Waals surface area contributed by atoms with Gasteiger partial charge in [0.15, 0.2) is 12.2 Å². The number of aliphatic hydroxyl groups excluding tert-OH is 1. The van der Waals surface area contributed by atoms with Gasteiger partial charge in [-0.2, -0.15) is 0 Å². The molecule has 0 radical (unpaired) electrons. The zero-order valence-electron chi connectivity index (χ0n) is 63.5. The molecule has 0 aliphatic heterocycles. The second-order valence-electron chi connectivity index (χ2n) is 25.5. The number of hydrogen-bond donors (Lipinski definition) is 3. The first-order chi connectivity index (χ1) is 49.7. The number of unbranched alkanes of at least 4 members (excludes halogenated alkanes) is 23. The Morgan fingerprint density at radius 2 is 0.549 bits per heavy atom. The summed E-state index contributed by atoms with van der Waals surface area (Å²) >= 11 is 0. The lowest BCUT2D eigenvalue weighted by Crippen LogP contribution is -2.30. The van der Waals surface area contributed by atoms with Crippen LogP contribution in [0.5, 0.6) is 0 Å². The molecule has 0 rings (SSSR count). The van der Waals surface area contributed by atoms with E-state index in [2.05, 4.69) is 149 Å². The van der Waals surface area contributed by atoms with Crippen molar-refractivity contribution in [3.8, 4) is 0 Å². The molecule has 0 aliphatic rings. The highest BCUT2D eigenvalue weighted by molar-refractivity contribution is 7.47. The topological polar surface area (TPSA) is 237 Å². The van der Waals surface area contributed by atoms with Crippen LogP contribution >= 0.6 is 15.6 Å². The Kier molecular flexibility index (Phi) is 70.5. The predicted octanol–water partition coefficient (Wildman–Crippen LogP) is 22.7. The average Bonchev–Trinajstić information content (AvgIpc) is 0.926. The molecule has 582 valence electrons. The van der Waals surface area contributed by atoms with Crippen LogP contribution in [0.2, 0.25) is 0 Å². The van der Waals surface area contributed by atoms with Crippen LogP contribution in [0.4, 0.5) is 0 Å². The number of phosphoric acid groups is 2. The lowest BCUT2D eigenvalue weighted by molar-refractivity contribution is -0.161. The van der Waals surface area contributed by atoms with Gasteiger partial charge in [0.05, 0.1) is 32.8 Å². The van der Waals surface area contributed by atoms with Crippen LogP contribution in [-0.2, 0) is 65.4 Å². The van der Waals surface area contributed by atoms with E-state index in [4.69, 9.17) is 37.0 Å². The van der Waals surface area contributed by atoms with Crippen molar-refractivity contribution in [1.29, 1.82) is 0 Å². The van der Waals surface area contributed by atoms with E-state index in [9.17, 15) is 43.2 Å². The van der Waals surface area contributed by atoms with Crippen LogP contribution in [0.3, 0.4) is 0 Å². The number of carbonyl (C=O) groups excluding carboxylic acids is 4. The summed E-state index contributed by atoms with van der Waals surface area (Å²) in [5.74, 6) is -2.36. The Morgan fingerprint density at radius 1 is 0.294 bits per heavy atom. The second-order valence-corrected chi connectivity index (χ2v) is 28.4. The van der Waals surface area contributed by atoms with Crippen LogP contribution < -0.4 is 0 Å². The molecule has 0 fully saturated rings. The third kappa shape index (κ3) is 73.3. The molecule has 0 bridgehead atoms. The smallest absolute Gasteiger partial charge is 0.462 e. The van der Waals surface area contributed by atoms with E-state index in [1.54, 1.807) is 6.08 Å². The maximum atomic E-state index is 13.1. The standard InChI is InChI=1S/C83H138O17P2/c1-5-9-13-17-21-25-29-33-37-38-42-44-48-52-56-60-64-68-81(86)94-74-79(100-83(88)70-66-62-58-54-50-46-41-36-32-28-24-20-16-12-8-4)76-98-102(91,92)96-72-77(84)71-95-101(89,90)97-75-78(99-82(87)69-65-61-57-53-49-45-40-35-31-27-23-19-15-11-7-3)73-93-80(85)67-63-59-55-51-47-43-39-34-30-26-22-18-14-10-6-2/h9-10,12-14,16,21-22,24-26,28,33-37,39-41,47,51,59,63,77-79,84H,5-8,11,15,17-20,23,27,29-32,38,42-46,48-50,52-58,60-62,64-76H2,1-4H3,(H,89,90)(H,91,92)/b13-9-,14-10-,16-12-,25-21-,26-22-,28-24-,37-33-,39-34-,40-35-,41-36-,51-47-,63-59-. The van der Waals surface area contributed by atoms with Crippen molar-refractivity contribution in [2.24, 2.45) is 0 Å². The van der Waals surface area contributed by atoms with Gasteiger partial charge >= 0.3 is 39.5 Å². The van der Waals surface area contributed by atoms with Crippen molar-refractivity contribution in [3.63, 3.8) is 0 Å². The Hall–Kier alpha value is -5.06. The maximum Gasteiger partial charge on any atom is 0.472 e. The first-order valence-electron chi connectivity index (χ1n) is 39.1. The minimum absolute atomic E-state index is 0.0621. The number of rotatable bonds is 72. The zero-order valence-corrected chi connectivity index (χ0v) is 65.3. The van der Waals surface area contributed by atoms with Crippen LogP contribution in [0, 0.1) is 0 Å². The lowest BCUT2D eigenvalue weighted by Gasteiger charge is -2.21. The Bertz CT molecular complexity index is 2510. The molecule has 17 nitrogen and oxygen atoms in total. The fourth-order valence-corrected chi connectivity index (χ4v) is 11.5. The van der Waals surface area contributed by atoms with Gasteiger partial charge in [-0.05, 0) is 141 Å². The van der Waals surface area contributed by atoms with Crippen LogP contribution in [0.1, 0.15) is 297 Å². The Morgan fingerprint density at radius 3 is 0.882 bits per heavy atom. The SMILES string of the molecule is CC/C=C\C/C=C\C/C=C\C/C=C\C/C=C\CC(=O)OCC(COP(=O)(O)OCC(O)COP(=O)(O)OCC(COC(=O)CCCCCCCCC/C=C\C/C=C\C/C=C\CC)OC(=O)CCCCCCC/C=C\C/C=C\C/C=C\CC)OC(=O)CCCCCCC/C=C\CCCCCCCC. The molecule has 0 saturated heterocycles. The number of ether oxygens (including phenoxy) is 4. The Labute approximate surface area is 617 Å². The summed E-state index contributed by atoms with van der Waals surface area (Å²) in [7, 11) is -10.00. The molecule has 0 aromatic heterocycles. The van der Waals surface area contributed by atoms with E-state index >= 15 is 0 Å². The number of hydrogen-bond acceptors (Lipinski definition) is 15. The highest BCUT2D eigenvalue weighted by Crippen LogP contribution is 2.45. The molecule has 0 spiro atoms. The number of carbonyl (C=O) groups is 4. The molecule has 5 unspecified atom stereocenters. The first kappa shape index (κ1) is 96.9. The van der Waals surface area contributed by atoms with Crippen molar-refractivity contribution in [3.05, 3.63) is 146 Å². The monoisotopic (exact) mass is 1470 g/mol. The minimum atomic E-state index is -5.00. The third-order valence-electron chi connectivity index (χ3n) is 15.8. The number of phosphoric ester groups is 2. The number of allylic oxidation sites excluding steroid dienone is 23. The molecule has 0 aromatic rings.